The monoisotopic (exact) mass is 384 g/mol. The Morgan fingerprint density at radius 1 is 1.30 bits per heavy atom. The number of hydrogen-bond acceptors (Lipinski definition) is 5. The van der Waals surface area contributed by atoms with Gasteiger partial charge in [-0.25, -0.2) is 8.42 Å². The molecule has 0 amide bonds. The van der Waals surface area contributed by atoms with Crippen LogP contribution in [0.4, 0.5) is 0 Å². The van der Waals surface area contributed by atoms with Gasteiger partial charge in [0.15, 0.2) is 9.84 Å². The van der Waals surface area contributed by atoms with Gasteiger partial charge in [0.2, 0.25) is 0 Å². The standard InChI is InChI=1S/C21H24N2O3S/c1-3-14-26-19-10-5-4-8-17(19)15-23-13-7-9-18(16-23)21-20(27(2,24)25)11-6-12-22-21/h1,4-6,8,10-12,18H,7,9,13-16H2,2H3. The third-order valence-corrected chi connectivity index (χ3v) is 5.91. The van der Waals surface area contributed by atoms with Crippen molar-refractivity contribution in [2.24, 2.45) is 0 Å². The van der Waals surface area contributed by atoms with Gasteiger partial charge in [0.05, 0.1) is 10.6 Å². The number of hydrogen-bond donors (Lipinski definition) is 0. The second kappa shape index (κ2) is 8.55. The first-order chi connectivity index (χ1) is 13.0. The molecule has 2 aromatic rings. The summed E-state index contributed by atoms with van der Waals surface area (Å²) in [7, 11) is -3.30. The van der Waals surface area contributed by atoms with Crippen LogP contribution in [0.5, 0.6) is 5.75 Å². The first-order valence-electron chi connectivity index (χ1n) is 9.00. The summed E-state index contributed by atoms with van der Waals surface area (Å²) < 4.78 is 29.9. The molecule has 27 heavy (non-hydrogen) atoms. The third-order valence-electron chi connectivity index (χ3n) is 4.77. The molecule has 0 N–H and O–H groups in total. The van der Waals surface area contributed by atoms with Crippen LogP contribution in [0, 0.1) is 12.3 Å². The molecule has 1 saturated heterocycles. The van der Waals surface area contributed by atoms with Gasteiger partial charge in [0.1, 0.15) is 12.4 Å². The molecule has 1 unspecified atom stereocenters. The maximum absolute atomic E-state index is 12.1. The van der Waals surface area contributed by atoms with Crippen molar-refractivity contribution in [1.82, 2.24) is 9.88 Å². The highest BCUT2D eigenvalue weighted by molar-refractivity contribution is 7.90. The minimum Gasteiger partial charge on any atom is -0.481 e. The predicted molar refractivity (Wildman–Crippen MR) is 105 cm³/mol. The van der Waals surface area contributed by atoms with E-state index >= 15 is 0 Å². The van der Waals surface area contributed by atoms with Crippen LogP contribution in [0.3, 0.4) is 0 Å². The Kier molecular flexibility index (Phi) is 6.15. The summed E-state index contributed by atoms with van der Waals surface area (Å²) in [6.45, 7) is 2.70. The molecule has 5 nitrogen and oxygen atoms in total. The van der Waals surface area contributed by atoms with Crippen LogP contribution in [0.25, 0.3) is 0 Å². The lowest BCUT2D eigenvalue weighted by Crippen LogP contribution is -2.34. The summed E-state index contributed by atoms with van der Waals surface area (Å²) in [5.74, 6) is 3.39. The average Bonchev–Trinajstić information content (AvgIpc) is 2.67. The summed E-state index contributed by atoms with van der Waals surface area (Å²) in [4.78, 5) is 7.08. The number of piperidine rings is 1. The van der Waals surface area contributed by atoms with Gasteiger partial charge in [-0.15, -0.1) is 6.42 Å². The summed E-state index contributed by atoms with van der Waals surface area (Å²) >= 11 is 0. The molecule has 1 fully saturated rings. The lowest BCUT2D eigenvalue weighted by atomic mass is 9.94. The summed E-state index contributed by atoms with van der Waals surface area (Å²) in [5, 5.41) is 0. The molecule has 2 heterocycles. The maximum atomic E-state index is 12.1. The van der Waals surface area contributed by atoms with E-state index in [1.165, 1.54) is 6.26 Å². The Morgan fingerprint density at radius 3 is 2.89 bits per heavy atom. The molecule has 142 valence electrons. The quantitative estimate of drug-likeness (QED) is 0.717. The third kappa shape index (κ3) is 4.88. The first-order valence-corrected chi connectivity index (χ1v) is 10.9. The van der Waals surface area contributed by atoms with Gasteiger partial charge in [0.25, 0.3) is 0 Å². The topological polar surface area (TPSA) is 59.5 Å². The minimum absolute atomic E-state index is 0.100. The van der Waals surface area contributed by atoms with Gasteiger partial charge >= 0.3 is 0 Å². The average molecular weight is 385 g/mol. The fourth-order valence-corrected chi connectivity index (χ4v) is 4.51. The van der Waals surface area contributed by atoms with E-state index in [0.717, 1.165) is 43.8 Å². The van der Waals surface area contributed by atoms with Crippen LogP contribution >= 0.6 is 0 Å². The fourth-order valence-electron chi connectivity index (χ4n) is 3.58. The van der Waals surface area contributed by atoms with E-state index in [2.05, 4.69) is 15.8 Å². The van der Waals surface area contributed by atoms with E-state index < -0.39 is 9.84 Å². The number of terminal acetylenes is 1. The molecule has 0 bridgehead atoms. The zero-order valence-corrected chi connectivity index (χ0v) is 16.3. The summed E-state index contributed by atoms with van der Waals surface area (Å²) in [6, 6.07) is 11.2. The number of pyridine rings is 1. The Hall–Kier alpha value is -2.36. The largest absolute Gasteiger partial charge is 0.481 e. The Bertz CT molecular complexity index is 934. The van der Waals surface area contributed by atoms with Crippen molar-refractivity contribution in [2.45, 2.75) is 30.2 Å². The molecule has 0 saturated carbocycles. The summed E-state index contributed by atoms with van der Waals surface area (Å²) in [5.41, 5.74) is 1.76. The van der Waals surface area contributed by atoms with Crippen LogP contribution in [-0.4, -0.2) is 44.3 Å². The Morgan fingerprint density at radius 2 is 2.11 bits per heavy atom. The van der Waals surface area contributed by atoms with Crippen molar-refractivity contribution in [3.8, 4) is 18.1 Å². The van der Waals surface area contributed by atoms with Crippen molar-refractivity contribution in [3.05, 3.63) is 53.9 Å². The lowest BCUT2D eigenvalue weighted by Gasteiger charge is -2.33. The molecule has 1 aromatic carbocycles. The van der Waals surface area contributed by atoms with Crippen LogP contribution in [0.2, 0.25) is 0 Å². The van der Waals surface area contributed by atoms with Crippen molar-refractivity contribution in [3.63, 3.8) is 0 Å². The van der Waals surface area contributed by atoms with Crippen molar-refractivity contribution in [2.75, 3.05) is 26.0 Å². The van der Waals surface area contributed by atoms with E-state index in [1.54, 1.807) is 18.3 Å². The smallest absolute Gasteiger partial charge is 0.177 e. The van der Waals surface area contributed by atoms with Gasteiger partial charge in [-0.2, -0.15) is 0 Å². The van der Waals surface area contributed by atoms with Gasteiger partial charge in [0, 0.05) is 37.0 Å². The molecule has 1 atom stereocenters. The van der Waals surface area contributed by atoms with E-state index in [4.69, 9.17) is 11.2 Å². The number of likely N-dealkylation sites (tertiary alicyclic amines) is 1. The first kappa shape index (κ1) is 19.4. The number of benzene rings is 1. The minimum atomic E-state index is -3.30. The zero-order valence-electron chi connectivity index (χ0n) is 15.5. The highest BCUT2D eigenvalue weighted by atomic mass is 32.2. The van der Waals surface area contributed by atoms with Crippen molar-refractivity contribution in [1.29, 1.82) is 0 Å². The van der Waals surface area contributed by atoms with Crippen LogP contribution in [0.15, 0.2) is 47.5 Å². The van der Waals surface area contributed by atoms with Crippen molar-refractivity contribution >= 4 is 9.84 Å². The summed E-state index contributed by atoms with van der Waals surface area (Å²) in [6.07, 6.45) is 10.2. The highest BCUT2D eigenvalue weighted by Crippen LogP contribution is 2.31. The molecular weight excluding hydrogens is 360 g/mol. The van der Waals surface area contributed by atoms with Gasteiger partial charge < -0.3 is 4.74 Å². The van der Waals surface area contributed by atoms with Crippen LogP contribution in [-0.2, 0) is 16.4 Å². The van der Waals surface area contributed by atoms with Crippen LogP contribution < -0.4 is 4.74 Å². The highest BCUT2D eigenvalue weighted by Gasteiger charge is 2.27. The molecule has 0 aliphatic carbocycles. The molecule has 1 aliphatic rings. The number of nitrogens with zero attached hydrogens (tertiary/aromatic N) is 2. The molecular formula is C21H24N2O3S. The molecule has 3 rings (SSSR count). The molecule has 1 aliphatic heterocycles. The predicted octanol–water partition coefficient (Wildman–Crippen LogP) is 2.88. The normalized spacial score (nSPS) is 18.0. The van der Waals surface area contributed by atoms with Crippen LogP contribution in [0.1, 0.15) is 30.0 Å². The second-order valence-electron chi connectivity index (χ2n) is 6.83. The molecule has 6 heteroatoms. The Balaban J connectivity index is 1.78. The van der Waals surface area contributed by atoms with Gasteiger partial charge in [-0.1, -0.05) is 24.1 Å². The number of para-hydroxylation sites is 1. The number of ether oxygens (including phenoxy) is 1. The zero-order chi connectivity index (χ0) is 19.3. The number of sulfone groups is 1. The van der Waals surface area contributed by atoms with E-state index in [0.29, 0.717) is 10.6 Å². The molecule has 0 radical (unpaired) electrons. The molecule has 1 aromatic heterocycles. The fraction of sp³-hybridized carbons (Fsp3) is 0.381. The SMILES string of the molecule is C#CCOc1ccccc1CN1CCCC(c2ncccc2S(C)(=O)=O)C1. The lowest BCUT2D eigenvalue weighted by molar-refractivity contribution is 0.194. The number of rotatable bonds is 6. The van der Waals surface area contributed by atoms with Gasteiger partial charge in [-0.05, 0) is 37.6 Å². The maximum Gasteiger partial charge on any atom is 0.177 e. The van der Waals surface area contributed by atoms with E-state index in [9.17, 15) is 8.42 Å². The van der Waals surface area contributed by atoms with Gasteiger partial charge in [-0.3, -0.25) is 9.88 Å². The molecule has 0 spiro atoms. The Labute approximate surface area is 161 Å². The second-order valence-corrected chi connectivity index (χ2v) is 8.82. The van der Waals surface area contributed by atoms with Crippen molar-refractivity contribution < 1.29 is 13.2 Å². The number of aromatic nitrogens is 1. The van der Waals surface area contributed by atoms with E-state index in [-0.39, 0.29) is 12.5 Å². The van der Waals surface area contributed by atoms with E-state index in [1.807, 2.05) is 24.3 Å².